The third kappa shape index (κ3) is 4.90. The molecule has 27 heavy (non-hydrogen) atoms. The Labute approximate surface area is 158 Å². The lowest BCUT2D eigenvalue weighted by Gasteiger charge is -2.17. The molecule has 0 atom stereocenters. The van der Waals surface area contributed by atoms with Crippen LogP contribution < -0.4 is 0 Å². The molecule has 0 heterocycles. The van der Waals surface area contributed by atoms with E-state index in [1.165, 1.54) is 6.07 Å². The molecule has 3 rings (SSSR count). The van der Waals surface area contributed by atoms with E-state index in [-0.39, 0.29) is 6.42 Å². The van der Waals surface area contributed by atoms with Crippen LogP contribution in [0.2, 0.25) is 0 Å². The average Bonchev–Trinajstić information content (AvgIpc) is 3.46. The van der Waals surface area contributed by atoms with Crippen molar-refractivity contribution in [2.24, 2.45) is 4.99 Å². The molecule has 144 valence electrons. The van der Waals surface area contributed by atoms with E-state index in [1.54, 1.807) is 12.4 Å². The first kappa shape index (κ1) is 19.5. The molecule has 2 nitrogen and oxygen atoms in total. The molecule has 0 saturated heterocycles. The summed E-state index contributed by atoms with van der Waals surface area (Å²) in [6.45, 7) is 4.69. The van der Waals surface area contributed by atoms with E-state index >= 15 is 0 Å². The first-order valence-corrected chi connectivity index (χ1v) is 9.32. The summed E-state index contributed by atoms with van der Waals surface area (Å²) in [6.07, 6.45) is -0.485. The van der Waals surface area contributed by atoms with Gasteiger partial charge in [-0.15, -0.1) is 0 Å². The number of rotatable bonds is 6. The maximum absolute atomic E-state index is 13.7. The van der Waals surface area contributed by atoms with Crippen LogP contribution in [0.15, 0.2) is 41.4 Å². The molecule has 1 aliphatic carbocycles. The summed E-state index contributed by atoms with van der Waals surface area (Å²) in [4.78, 5) is 6.22. The molecule has 1 fully saturated rings. The summed E-state index contributed by atoms with van der Waals surface area (Å²) in [5.74, 6) is 0.322. The Bertz CT molecular complexity index is 819. The number of benzene rings is 2. The number of hydrogen-bond donors (Lipinski definition) is 0. The Balaban J connectivity index is 2.04. The second-order valence-corrected chi connectivity index (χ2v) is 7.32. The number of halogens is 3. The van der Waals surface area contributed by atoms with Crippen LogP contribution in [0.1, 0.15) is 53.5 Å². The fourth-order valence-corrected chi connectivity index (χ4v) is 3.06. The highest BCUT2D eigenvalue weighted by molar-refractivity contribution is 5.65. The molecule has 5 heteroatoms. The number of hydrogen-bond acceptors (Lipinski definition) is 1. The van der Waals surface area contributed by atoms with Crippen LogP contribution >= 0.6 is 0 Å². The molecule has 0 bridgehead atoms. The highest BCUT2D eigenvalue weighted by Gasteiger charge is 2.36. The summed E-state index contributed by atoms with van der Waals surface area (Å²) in [5, 5.41) is 0. The van der Waals surface area contributed by atoms with Crippen LogP contribution in [0.3, 0.4) is 0 Å². The maximum atomic E-state index is 13.7. The molecule has 1 saturated carbocycles. The van der Waals surface area contributed by atoms with Crippen molar-refractivity contribution >= 4 is 12.0 Å². The van der Waals surface area contributed by atoms with Crippen molar-refractivity contribution in [3.05, 3.63) is 64.2 Å². The zero-order valence-corrected chi connectivity index (χ0v) is 16.0. The Morgan fingerprint density at radius 3 is 2.37 bits per heavy atom. The minimum atomic E-state index is -4.40. The summed E-state index contributed by atoms with van der Waals surface area (Å²) in [7, 11) is 1.86. The predicted molar refractivity (Wildman–Crippen MR) is 104 cm³/mol. The first-order valence-electron chi connectivity index (χ1n) is 9.32. The van der Waals surface area contributed by atoms with Gasteiger partial charge in [0.05, 0.1) is 17.6 Å². The molecule has 1 aliphatic rings. The van der Waals surface area contributed by atoms with Crippen LogP contribution in [0, 0.1) is 6.92 Å². The molecule has 2 aromatic rings. The standard InChI is InChI=1S/C22H25F3N2/c1-4-27(3)14-26-21-13-20(22(23,24)25)18(12-19(21)17-9-10-17)11-16-7-5-15(2)6-8-16/h5-8,12-14,17H,4,9-11H2,1-3H3/b26-14-. The van der Waals surface area contributed by atoms with E-state index in [0.29, 0.717) is 17.2 Å². The van der Waals surface area contributed by atoms with Gasteiger partial charge in [0.15, 0.2) is 0 Å². The minimum absolute atomic E-state index is 0.272. The van der Waals surface area contributed by atoms with Crippen molar-refractivity contribution in [1.29, 1.82) is 0 Å². The largest absolute Gasteiger partial charge is 0.416 e. The van der Waals surface area contributed by atoms with Gasteiger partial charge in [-0.25, -0.2) is 4.99 Å². The van der Waals surface area contributed by atoms with Crippen LogP contribution in [-0.4, -0.2) is 24.8 Å². The summed E-state index contributed by atoms with van der Waals surface area (Å²) in [5.41, 5.74) is 3.10. The number of aryl methyl sites for hydroxylation is 1. The SMILES string of the molecule is CCN(C)/C=N\c1cc(C(F)(F)F)c(Cc2ccc(C)cc2)cc1C1CC1. The van der Waals surface area contributed by atoms with Crippen molar-refractivity contribution in [2.45, 2.75) is 45.2 Å². The van der Waals surface area contributed by atoms with Gasteiger partial charge in [-0.05, 0) is 61.8 Å². The van der Waals surface area contributed by atoms with E-state index in [2.05, 4.69) is 4.99 Å². The lowest BCUT2D eigenvalue weighted by Crippen LogP contribution is -2.14. The zero-order chi connectivity index (χ0) is 19.6. The molecular formula is C22H25F3N2. The molecular weight excluding hydrogens is 349 g/mol. The highest BCUT2D eigenvalue weighted by atomic mass is 19.4. The minimum Gasteiger partial charge on any atom is -0.366 e. The molecule has 0 N–H and O–H groups in total. The van der Waals surface area contributed by atoms with Gasteiger partial charge in [0, 0.05) is 13.6 Å². The number of aliphatic imine (C=N–C) groups is 1. The van der Waals surface area contributed by atoms with Crippen molar-refractivity contribution < 1.29 is 13.2 Å². The Morgan fingerprint density at radius 1 is 1.15 bits per heavy atom. The third-order valence-electron chi connectivity index (χ3n) is 4.98. The fourth-order valence-electron chi connectivity index (χ4n) is 3.06. The highest BCUT2D eigenvalue weighted by Crippen LogP contribution is 2.47. The maximum Gasteiger partial charge on any atom is 0.416 e. The van der Waals surface area contributed by atoms with Crippen molar-refractivity contribution in [3.63, 3.8) is 0 Å². The normalized spacial score (nSPS) is 14.7. The van der Waals surface area contributed by atoms with Crippen LogP contribution in [-0.2, 0) is 12.6 Å². The van der Waals surface area contributed by atoms with E-state index < -0.39 is 11.7 Å². The van der Waals surface area contributed by atoms with Gasteiger partial charge >= 0.3 is 6.18 Å². The van der Waals surface area contributed by atoms with Crippen LogP contribution in [0.5, 0.6) is 0 Å². The topological polar surface area (TPSA) is 15.6 Å². The fraction of sp³-hybridized carbons (Fsp3) is 0.409. The summed E-state index contributed by atoms with van der Waals surface area (Å²) in [6, 6.07) is 10.6. The van der Waals surface area contributed by atoms with E-state index in [9.17, 15) is 13.2 Å². The predicted octanol–water partition coefficient (Wildman–Crippen LogP) is 6.09. The van der Waals surface area contributed by atoms with E-state index in [1.807, 2.05) is 50.1 Å². The molecule has 0 spiro atoms. The van der Waals surface area contributed by atoms with Gasteiger partial charge in [0.25, 0.3) is 0 Å². The van der Waals surface area contributed by atoms with Gasteiger partial charge in [-0.3, -0.25) is 0 Å². The van der Waals surface area contributed by atoms with Crippen molar-refractivity contribution in [2.75, 3.05) is 13.6 Å². The Morgan fingerprint density at radius 2 is 1.81 bits per heavy atom. The third-order valence-corrected chi connectivity index (χ3v) is 4.98. The Hall–Kier alpha value is -2.30. The number of alkyl halides is 3. The Kier molecular flexibility index (Phi) is 5.59. The molecule has 0 amide bonds. The van der Waals surface area contributed by atoms with Crippen LogP contribution in [0.25, 0.3) is 0 Å². The molecule has 0 aliphatic heterocycles. The van der Waals surface area contributed by atoms with Gasteiger partial charge in [0.1, 0.15) is 0 Å². The number of nitrogens with zero attached hydrogens (tertiary/aromatic N) is 2. The van der Waals surface area contributed by atoms with Gasteiger partial charge in [-0.2, -0.15) is 13.2 Å². The molecule has 2 aromatic carbocycles. The first-order chi connectivity index (χ1) is 12.8. The summed E-state index contributed by atoms with van der Waals surface area (Å²) >= 11 is 0. The quantitative estimate of drug-likeness (QED) is 0.441. The second kappa shape index (κ2) is 7.75. The smallest absolute Gasteiger partial charge is 0.366 e. The van der Waals surface area contributed by atoms with Gasteiger partial charge < -0.3 is 4.90 Å². The van der Waals surface area contributed by atoms with Gasteiger partial charge in [0.2, 0.25) is 0 Å². The van der Waals surface area contributed by atoms with Gasteiger partial charge in [-0.1, -0.05) is 35.9 Å². The van der Waals surface area contributed by atoms with Crippen molar-refractivity contribution in [1.82, 2.24) is 4.90 Å². The van der Waals surface area contributed by atoms with E-state index in [0.717, 1.165) is 36.1 Å². The van der Waals surface area contributed by atoms with Crippen molar-refractivity contribution in [3.8, 4) is 0 Å². The van der Waals surface area contributed by atoms with E-state index in [4.69, 9.17) is 0 Å². The second-order valence-electron chi connectivity index (χ2n) is 7.32. The zero-order valence-electron chi connectivity index (χ0n) is 16.0. The molecule has 0 radical (unpaired) electrons. The molecule has 0 aromatic heterocycles. The van der Waals surface area contributed by atoms with Crippen LogP contribution in [0.4, 0.5) is 18.9 Å². The summed E-state index contributed by atoms with van der Waals surface area (Å²) < 4.78 is 41.2. The monoisotopic (exact) mass is 374 g/mol. The average molecular weight is 374 g/mol. The lowest BCUT2D eigenvalue weighted by atomic mass is 9.94. The molecule has 0 unspecified atom stereocenters. The lowest BCUT2D eigenvalue weighted by molar-refractivity contribution is -0.138.